The average molecular weight is 407 g/mol. The summed E-state index contributed by atoms with van der Waals surface area (Å²) in [5, 5.41) is 15.4. The number of ether oxygens (including phenoxy) is 2. The molecule has 2 aromatic rings. The van der Waals surface area contributed by atoms with E-state index < -0.39 is 17.9 Å². The number of rotatable bonds is 9. The third-order valence-corrected chi connectivity index (χ3v) is 4.24. The van der Waals surface area contributed by atoms with Crippen molar-refractivity contribution in [3.8, 4) is 11.5 Å². The lowest BCUT2D eigenvalue weighted by atomic mass is 10.1. The largest absolute Gasteiger partial charge is 0.497 e. The van der Waals surface area contributed by atoms with Crippen molar-refractivity contribution in [1.29, 1.82) is 0 Å². The van der Waals surface area contributed by atoms with E-state index >= 15 is 0 Å². The number of hydrogen-bond acceptors (Lipinski definition) is 5. The van der Waals surface area contributed by atoms with Crippen LogP contribution < -0.4 is 20.1 Å². The van der Waals surface area contributed by atoms with E-state index in [-0.39, 0.29) is 13.0 Å². The van der Waals surface area contributed by atoms with Gasteiger partial charge in [-0.2, -0.15) is 0 Å². The van der Waals surface area contributed by atoms with Gasteiger partial charge in [0.1, 0.15) is 17.9 Å². The number of amides is 2. The van der Waals surface area contributed by atoms with Gasteiger partial charge in [0.05, 0.1) is 32.6 Å². The molecule has 0 aliphatic carbocycles. The van der Waals surface area contributed by atoms with Crippen LogP contribution in [-0.4, -0.2) is 43.8 Å². The van der Waals surface area contributed by atoms with Crippen molar-refractivity contribution in [1.82, 2.24) is 5.32 Å². The highest BCUT2D eigenvalue weighted by molar-refractivity contribution is 6.30. The molecule has 2 amide bonds. The fourth-order valence-electron chi connectivity index (χ4n) is 2.59. The number of nitrogens with one attached hydrogen (secondary N) is 2. The summed E-state index contributed by atoms with van der Waals surface area (Å²) in [5.41, 5.74) is 1.34. The first-order valence-electron chi connectivity index (χ1n) is 8.61. The minimum absolute atomic E-state index is 0.248. The van der Waals surface area contributed by atoms with Gasteiger partial charge in [-0.15, -0.1) is 0 Å². The lowest BCUT2D eigenvalue weighted by Crippen LogP contribution is -2.40. The Morgan fingerprint density at radius 2 is 1.79 bits per heavy atom. The molecule has 0 unspecified atom stereocenters. The molecule has 2 rings (SSSR count). The van der Waals surface area contributed by atoms with Gasteiger partial charge in [0, 0.05) is 11.1 Å². The molecule has 8 heteroatoms. The molecule has 150 valence electrons. The summed E-state index contributed by atoms with van der Waals surface area (Å²) in [6.45, 7) is -0.248. The summed E-state index contributed by atoms with van der Waals surface area (Å²) in [7, 11) is 3.00. The van der Waals surface area contributed by atoms with Gasteiger partial charge in [-0.1, -0.05) is 23.7 Å². The van der Waals surface area contributed by atoms with E-state index in [4.69, 9.17) is 21.1 Å². The summed E-state index contributed by atoms with van der Waals surface area (Å²) in [6.07, 6.45) is 0.0413. The first kappa shape index (κ1) is 21.5. The van der Waals surface area contributed by atoms with E-state index in [1.807, 2.05) is 12.1 Å². The van der Waals surface area contributed by atoms with Gasteiger partial charge in [0.15, 0.2) is 0 Å². The predicted molar refractivity (Wildman–Crippen MR) is 107 cm³/mol. The number of carbonyl (C=O) groups is 2. The molecule has 0 fully saturated rings. The van der Waals surface area contributed by atoms with Crippen molar-refractivity contribution < 1.29 is 24.2 Å². The Morgan fingerprint density at radius 3 is 2.39 bits per heavy atom. The van der Waals surface area contributed by atoms with Gasteiger partial charge in [-0.25, -0.2) is 0 Å². The number of carbonyl (C=O) groups excluding carboxylic acids is 2. The Kier molecular flexibility index (Phi) is 8.10. The quantitative estimate of drug-likeness (QED) is 0.556. The number of anilines is 1. The molecule has 1 atom stereocenters. The molecule has 0 spiro atoms. The maximum Gasteiger partial charge on any atom is 0.233 e. The van der Waals surface area contributed by atoms with Crippen LogP contribution in [0, 0.1) is 0 Å². The Labute approximate surface area is 168 Å². The summed E-state index contributed by atoms with van der Waals surface area (Å²) in [6, 6.07) is 11.5. The van der Waals surface area contributed by atoms with Crippen LogP contribution in [0.1, 0.15) is 12.0 Å². The smallest absolute Gasteiger partial charge is 0.233 e. The van der Waals surface area contributed by atoms with E-state index in [1.165, 1.54) is 14.2 Å². The van der Waals surface area contributed by atoms with Gasteiger partial charge in [-0.3, -0.25) is 9.59 Å². The van der Waals surface area contributed by atoms with Gasteiger partial charge in [0.2, 0.25) is 11.8 Å². The standard InChI is InChI=1S/C20H23ClN2O5/c1-27-16-7-8-17(18(10-16)28-2)23-20(26)11-19(25)22-15(12-24)9-13-3-5-14(21)6-4-13/h3-8,10,15,24H,9,11-12H2,1-2H3,(H,22,25)(H,23,26)/t15-/m0/s1. The molecule has 28 heavy (non-hydrogen) atoms. The van der Waals surface area contributed by atoms with E-state index in [2.05, 4.69) is 10.6 Å². The SMILES string of the molecule is COc1ccc(NC(=O)CC(=O)N[C@H](CO)Cc2ccc(Cl)cc2)c(OC)c1. The van der Waals surface area contributed by atoms with Crippen LogP contribution >= 0.6 is 11.6 Å². The van der Waals surface area contributed by atoms with E-state index in [1.54, 1.807) is 30.3 Å². The van der Waals surface area contributed by atoms with Crippen LogP contribution in [0.4, 0.5) is 5.69 Å². The van der Waals surface area contributed by atoms with Gasteiger partial charge in [0.25, 0.3) is 0 Å². The molecule has 0 saturated heterocycles. The molecule has 0 saturated carbocycles. The fraction of sp³-hybridized carbons (Fsp3) is 0.300. The van der Waals surface area contributed by atoms with Crippen molar-refractivity contribution >= 4 is 29.1 Å². The molecular weight excluding hydrogens is 384 g/mol. The zero-order chi connectivity index (χ0) is 20.5. The number of aliphatic hydroxyl groups is 1. The molecule has 2 aromatic carbocycles. The normalized spacial score (nSPS) is 11.4. The fourth-order valence-corrected chi connectivity index (χ4v) is 2.71. The van der Waals surface area contributed by atoms with Crippen molar-refractivity contribution in [2.45, 2.75) is 18.9 Å². The zero-order valence-electron chi connectivity index (χ0n) is 15.7. The lowest BCUT2D eigenvalue weighted by molar-refractivity contribution is -0.127. The number of hydrogen-bond donors (Lipinski definition) is 3. The first-order chi connectivity index (χ1) is 13.4. The topological polar surface area (TPSA) is 96.9 Å². The van der Waals surface area contributed by atoms with Crippen molar-refractivity contribution in [2.75, 3.05) is 26.1 Å². The monoisotopic (exact) mass is 406 g/mol. The first-order valence-corrected chi connectivity index (χ1v) is 8.99. The molecule has 0 bridgehead atoms. The van der Waals surface area contributed by atoms with Crippen LogP contribution in [0.2, 0.25) is 5.02 Å². The third kappa shape index (κ3) is 6.44. The Bertz CT molecular complexity index is 811. The minimum Gasteiger partial charge on any atom is -0.497 e. The van der Waals surface area contributed by atoms with Gasteiger partial charge < -0.3 is 25.2 Å². The number of aliphatic hydroxyl groups excluding tert-OH is 1. The predicted octanol–water partition coefficient (Wildman–Crippen LogP) is 2.41. The van der Waals surface area contributed by atoms with Crippen LogP contribution in [0.25, 0.3) is 0 Å². The Hall–Kier alpha value is -2.77. The molecule has 0 aliphatic heterocycles. The summed E-state index contributed by atoms with van der Waals surface area (Å²) >= 11 is 5.85. The number of halogens is 1. The highest BCUT2D eigenvalue weighted by Gasteiger charge is 2.16. The molecule has 7 nitrogen and oxygen atoms in total. The molecule has 0 aliphatic rings. The maximum absolute atomic E-state index is 12.2. The van der Waals surface area contributed by atoms with Crippen LogP contribution in [-0.2, 0) is 16.0 Å². The van der Waals surface area contributed by atoms with E-state index in [0.717, 1.165) is 5.56 Å². The van der Waals surface area contributed by atoms with Crippen LogP contribution in [0.3, 0.4) is 0 Å². The Balaban J connectivity index is 1.90. The van der Waals surface area contributed by atoms with E-state index in [0.29, 0.717) is 28.6 Å². The number of methoxy groups -OCH3 is 2. The van der Waals surface area contributed by atoms with Gasteiger partial charge in [-0.05, 0) is 36.2 Å². The molecule has 0 heterocycles. The molecular formula is C20H23ClN2O5. The lowest BCUT2D eigenvalue weighted by Gasteiger charge is -2.17. The molecule has 0 aromatic heterocycles. The zero-order valence-corrected chi connectivity index (χ0v) is 16.5. The third-order valence-electron chi connectivity index (χ3n) is 3.98. The highest BCUT2D eigenvalue weighted by atomic mass is 35.5. The number of benzene rings is 2. The van der Waals surface area contributed by atoms with Crippen molar-refractivity contribution in [3.63, 3.8) is 0 Å². The van der Waals surface area contributed by atoms with Crippen molar-refractivity contribution in [2.24, 2.45) is 0 Å². The highest BCUT2D eigenvalue weighted by Crippen LogP contribution is 2.29. The van der Waals surface area contributed by atoms with E-state index in [9.17, 15) is 14.7 Å². The Morgan fingerprint density at radius 1 is 1.07 bits per heavy atom. The summed E-state index contributed by atoms with van der Waals surface area (Å²) < 4.78 is 10.3. The minimum atomic E-state index is -0.503. The van der Waals surface area contributed by atoms with Crippen molar-refractivity contribution in [3.05, 3.63) is 53.1 Å². The van der Waals surface area contributed by atoms with Crippen LogP contribution in [0.5, 0.6) is 11.5 Å². The summed E-state index contributed by atoms with van der Waals surface area (Å²) in [5.74, 6) is 0.0202. The summed E-state index contributed by atoms with van der Waals surface area (Å²) in [4.78, 5) is 24.3. The second kappa shape index (κ2) is 10.5. The maximum atomic E-state index is 12.2. The molecule has 0 radical (unpaired) electrons. The second-order valence-corrected chi connectivity index (χ2v) is 6.51. The second-order valence-electron chi connectivity index (χ2n) is 6.07. The molecule has 3 N–H and O–H groups in total. The average Bonchev–Trinajstić information content (AvgIpc) is 2.69. The van der Waals surface area contributed by atoms with Gasteiger partial charge >= 0.3 is 0 Å². The van der Waals surface area contributed by atoms with Crippen LogP contribution in [0.15, 0.2) is 42.5 Å².